The van der Waals surface area contributed by atoms with E-state index in [1.54, 1.807) is 19.1 Å². The minimum absolute atomic E-state index is 0.396. The number of benzene rings is 1. The van der Waals surface area contributed by atoms with Gasteiger partial charge in [0.1, 0.15) is 0 Å². The third kappa shape index (κ3) is 4.56. The van der Waals surface area contributed by atoms with Crippen LogP contribution < -0.4 is 5.32 Å². The quantitative estimate of drug-likeness (QED) is 0.885. The second-order valence-corrected chi connectivity index (χ2v) is 4.61. The van der Waals surface area contributed by atoms with Crippen molar-refractivity contribution in [2.45, 2.75) is 20.0 Å². The fourth-order valence-electron chi connectivity index (χ4n) is 1.36. The summed E-state index contributed by atoms with van der Waals surface area (Å²) < 4.78 is 40.2. The first-order chi connectivity index (χ1) is 8.19. The second kappa shape index (κ2) is 5.60. The molecule has 0 aromatic heterocycles. The number of rotatable bonds is 2. The van der Waals surface area contributed by atoms with Gasteiger partial charge in [0.05, 0.1) is 5.69 Å². The van der Waals surface area contributed by atoms with Crippen molar-refractivity contribution in [1.82, 2.24) is 0 Å². The van der Waals surface area contributed by atoms with Gasteiger partial charge in [-0.05, 0) is 47.0 Å². The largest absolute Gasteiger partial charge is 0.440 e. The van der Waals surface area contributed by atoms with Crippen molar-refractivity contribution in [2.24, 2.45) is 0 Å². The number of carbonyl (C=O) groups excluding carboxylic acids is 1. The summed E-state index contributed by atoms with van der Waals surface area (Å²) in [5.41, 5.74) is 2.09. The number of alkyl halides is 3. The third-order valence-corrected chi connectivity index (χ3v) is 2.65. The summed E-state index contributed by atoms with van der Waals surface area (Å²) in [5, 5.41) is 2.27. The Hall–Kier alpha value is -1.24. The Morgan fingerprint density at radius 1 is 1.39 bits per heavy atom. The molecule has 0 aliphatic heterocycles. The number of aryl methyl sites for hydroxylation is 2. The van der Waals surface area contributed by atoms with Crippen molar-refractivity contribution in [1.29, 1.82) is 0 Å². The number of nitrogens with one attached hydrogen (secondary N) is 1. The molecule has 0 bridgehead atoms. The van der Waals surface area contributed by atoms with Crippen LogP contribution in [0.25, 0.3) is 0 Å². The molecule has 0 fully saturated rings. The summed E-state index contributed by atoms with van der Waals surface area (Å²) >= 11 is 3.22. The lowest BCUT2D eigenvalue weighted by Crippen LogP contribution is -2.23. The van der Waals surface area contributed by atoms with Crippen LogP contribution in [0, 0.1) is 13.8 Å². The molecular formula is C11H11BrF3NO2. The molecule has 1 N–H and O–H groups in total. The van der Waals surface area contributed by atoms with Crippen molar-refractivity contribution in [3.8, 4) is 0 Å². The average molecular weight is 326 g/mol. The summed E-state index contributed by atoms with van der Waals surface area (Å²) in [7, 11) is 0. The molecule has 1 rings (SSSR count). The highest BCUT2D eigenvalue weighted by Gasteiger charge is 2.29. The zero-order chi connectivity index (χ0) is 13.9. The molecule has 1 aromatic rings. The molecule has 0 aliphatic rings. The highest BCUT2D eigenvalue weighted by atomic mass is 79.9. The summed E-state index contributed by atoms with van der Waals surface area (Å²) in [4.78, 5) is 11.2. The van der Waals surface area contributed by atoms with Gasteiger partial charge in [-0.15, -0.1) is 0 Å². The Bertz CT molecular complexity index is 437. The van der Waals surface area contributed by atoms with Crippen molar-refractivity contribution in [2.75, 3.05) is 11.9 Å². The Kier molecular flexibility index (Phi) is 4.61. The van der Waals surface area contributed by atoms with E-state index < -0.39 is 18.9 Å². The molecule has 0 unspecified atom stereocenters. The van der Waals surface area contributed by atoms with Crippen LogP contribution in [0.1, 0.15) is 11.1 Å². The van der Waals surface area contributed by atoms with Gasteiger partial charge in [0.25, 0.3) is 0 Å². The normalized spacial score (nSPS) is 11.2. The predicted molar refractivity (Wildman–Crippen MR) is 64.6 cm³/mol. The highest BCUT2D eigenvalue weighted by molar-refractivity contribution is 9.10. The summed E-state index contributed by atoms with van der Waals surface area (Å²) in [5.74, 6) is 0. The molecule has 0 aliphatic carbocycles. The van der Waals surface area contributed by atoms with Crippen LogP contribution in [0.4, 0.5) is 23.7 Å². The van der Waals surface area contributed by atoms with E-state index in [1.165, 1.54) is 0 Å². The van der Waals surface area contributed by atoms with E-state index in [2.05, 4.69) is 26.0 Å². The molecule has 0 spiro atoms. The standard InChI is InChI=1S/C11H11BrF3NO2/c1-6-3-7(2)9(8(12)4-6)16-10(17)18-5-11(13,14)15/h3-4H,5H2,1-2H3,(H,16,17). The van der Waals surface area contributed by atoms with Gasteiger partial charge in [0, 0.05) is 4.47 Å². The molecule has 1 aromatic carbocycles. The Labute approximate surface area is 110 Å². The van der Waals surface area contributed by atoms with E-state index in [1.807, 2.05) is 6.92 Å². The van der Waals surface area contributed by atoms with E-state index in [-0.39, 0.29) is 0 Å². The van der Waals surface area contributed by atoms with Crippen LogP contribution in [-0.2, 0) is 4.74 Å². The Balaban J connectivity index is 2.71. The molecule has 100 valence electrons. The molecule has 1 amide bonds. The minimum Gasteiger partial charge on any atom is -0.440 e. The van der Waals surface area contributed by atoms with Gasteiger partial charge in [0.15, 0.2) is 6.61 Å². The maximum atomic E-state index is 11.9. The van der Waals surface area contributed by atoms with Crippen molar-refractivity contribution in [3.63, 3.8) is 0 Å². The molecule has 0 atom stereocenters. The first-order valence-electron chi connectivity index (χ1n) is 4.96. The number of carbonyl (C=O) groups is 1. The van der Waals surface area contributed by atoms with E-state index in [4.69, 9.17) is 0 Å². The molecule has 0 heterocycles. The third-order valence-electron chi connectivity index (χ3n) is 2.03. The SMILES string of the molecule is Cc1cc(C)c(NC(=O)OCC(F)(F)F)c(Br)c1. The maximum absolute atomic E-state index is 11.9. The summed E-state index contributed by atoms with van der Waals surface area (Å²) in [6, 6.07) is 3.54. The smallest absolute Gasteiger partial charge is 0.422 e. The molecule has 0 saturated carbocycles. The van der Waals surface area contributed by atoms with Gasteiger partial charge >= 0.3 is 12.3 Å². The lowest BCUT2D eigenvalue weighted by Gasteiger charge is -2.12. The van der Waals surface area contributed by atoms with Gasteiger partial charge in [-0.1, -0.05) is 6.07 Å². The van der Waals surface area contributed by atoms with Crippen molar-refractivity contribution < 1.29 is 22.7 Å². The minimum atomic E-state index is -4.53. The fourth-order valence-corrected chi connectivity index (χ4v) is 2.13. The van der Waals surface area contributed by atoms with Crippen LogP contribution >= 0.6 is 15.9 Å². The zero-order valence-corrected chi connectivity index (χ0v) is 11.3. The number of amides is 1. The number of anilines is 1. The molecule has 3 nitrogen and oxygen atoms in total. The fraction of sp³-hybridized carbons (Fsp3) is 0.364. The lowest BCUT2D eigenvalue weighted by atomic mass is 10.1. The van der Waals surface area contributed by atoms with E-state index in [9.17, 15) is 18.0 Å². The summed E-state index contributed by atoms with van der Waals surface area (Å²) in [6.07, 6.45) is -5.67. The van der Waals surface area contributed by atoms with Crippen molar-refractivity contribution in [3.05, 3.63) is 27.7 Å². The second-order valence-electron chi connectivity index (χ2n) is 3.75. The molecule has 0 saturated heterocycles. The molecule has 18 heavy (non-hydrogen) atoms. The van der Waals surface area contributed by atoms with Crippen LogP contribution in [0.5, 0.6) is 0 Å². The number of hydrogen-bond acceptors (Lipinski definition) is 2. The zero-order valence-electron chi connectivity index (χ0n) is 9.69. The van der Waals surface area contributed by atoms with Gasteiger partial charge in [-0.25, -0.2) is 4.79 Å². The highest BCUT2D eigenvalue weighted by Crippen LogP contribution is 2.28. The van der Waals surface area contributed by atoms with Crippen LogP contribution in [0.2, 0.25) is 0 Å². The van der Waals surface area contributed by atoms with Crippen molar-refractivity contribution >= 4 is 27.7 Å². The Morgan fingerprint density at radius 2 is 2.00 bits per heavy atom. The van der Waals surface area contributed by atoms with E-state index in [0.29, 0.717) is 10.2 Å². The topological polar surface area (TPSA) is 38.3 Å². The number of ether oxygens (including phenoxy) is 1. The first-order valence-corrected chi connectivity index (χ1v) is 5.75. The van der Waals surface area contributed by atoms with Crippen LogP contribution in [0.3, 0.4) is 0 Å². The maximum Gasteiger partial charge on any atom is 0.422 e. The first kappa shape index (κ1) is 14.8. The number of hydrogen-bond donors (Lipinski definition) is 1. The predicted octanol–water partition coefficient (Wildman–Crippen LogP) is 4.18. The lowest BCUT2D eigenvalue weighted by molar-refractivity contribution is -0.159. The van der Waals surface area contributed by atoms with Gasteiger partial charge in [-0.2, -0.15) is 13.2 Å². The van der Waals surface area contributed by atoms with E-state index in [0.717, 1.165) is 11.1 Å². The average Bonchev–Trinajstić information content (AvgIpc) is 2.19. The van der Waals surface area contributed by atoms with E-state index >= 15 is 0 Å². The van der Waals surface area contributed by atoms with Gasteiger partial charge in [-0.3, -0.25) is 5.32 Å². The monoisotopic (exact) mass is 325 g/mol. The van der Waals surface area contributed by atoms with Crippen LogP contribution in [0.15, 0.2) is 16.6 Å². The number of halogens is 4. The van der Waals surface area contributed by atoms with Gasteiger partial charge < -0.3 is 4.74 Å². The van der Waals surface area contributed by atoms with Crippen LogP contribution in [-0.4, -0.2) is 18.9 Å². The Morgan fingerprint density at radius 3 is 2.50 bits per heavy atom. The molecular weight excluding hydrogens is 315 g/mol. The van der Waals surface area contributed by atoms with Gasteiger partial charge in [0.2, 0.25) is 0 Å². The molecule has 0 radical (unpaired) electrons. The molecule has 7 heteroatoms. The summed E-state index contributed by atoms with van der Waals surface area (Å²) in [6.45, 7) is 1.99.